The van der Waals surface area contributed by atoms with Gasteiger partial charge in [0.25, 0.3) is 0 Å². The van der Waals surface area contributed by atoms with Crippen molar-refractivity contribution in [2.24, 2.45) is 0 Å². The summed E-state index contributed by atoms with van der Waals surface area (Å²) >= 11 is 3.36. The number of ether oxygens (including phenoxy) is 1. The number of rotatable bonds is 5. The topological polar surface area (TPSA) is 33.0 Å². The van der Waals surface area contributed by atoms with Crippen LogP contribution in [0.1, 0.15) is 31.7 Å². The van der Waals surface area contributed by atoms with E-state index in [2.05, 4.69) is 28.9 Å². The maximum atomic E-state index is 8.87. The second kappa shape index (κ2) is 6.47. The molecule has 1 aromatic rings. The number of nitriles is 1. The van der Waals surface area contributed by atoms with Crippen molar-refractivity contribution in [2.75, 3.05) is 6.61 Å². The Kier molecular flexibility index (Phi) is 5.20. The zero-order chi connectivity index (χ0) is 11.1. The molecule has 0 atom stereocenters. The molecule has 0 aliphatic heterocycles. The van der Waals surface area contributed by atoms with Crippen LogP contribution in [0.4, 0.5) is 0 Å². The summed E-state index contributed by atoms with van der Waals surface area (Å²) in [6.07, 6.45) is 3.37. The first-order valence-corrected chi connectivity index (χ1v) is 5.89. The average molecular weight is 268 g/mol. The van der Waals surface area contributed by atoms with Gasteiger partial charge in [-0.1, -0.05) is 35.7 Å². The lowest BCUT2D eigenvalue weighted by Crippen LogP contribution is -1.98. The summed E-state index contributed by atoms with van der Waals surface area (Å²) < 4.78 is 6.50. The highest BCUT2D eigenvalue weighted by Gasteiger charge is 2.03. The molecule has 0 aliphatic rings. The summed E-state index contributed by atoms with van der Waals surface area (Å²) in [4.78, 5) is 0. The van der Waals surface area contributed by atoms with Crippen molar-refractivity contribution in [3.63, 3.8) is 0 Å². The van der Waals surface area contributed by atoms with Crippen molar-refractivity contribution in [3.8, 4) is 11.8 Å². The van der Waals surface area contributed by atoms with Gasteiger partial charge in [0.05, 0.1) is 12.2 Å². The minimum atomic E-state index is 0.592. The SMILES string of the molecule is CCCCCOc1cc(Br)ccc1C#N. The van der Waals surface area contributed by atoms with Crippen LogP contribution in [0, 0.1) is 11.3 Å². The zero-order valence-electron chi connectivity index (χ0n) is 8.79. The summed E-state index contributed by atoms with van der Waals surface area (Å²) in [7, 11) is 0. The van der Waals surface area contributed by atoms with Crippen molar-refractivity contribution >= 4 is 15.9 Å². The van der Waals surface area contributed by atoms with E-state index >= 15 is 0 Å². The molecule has 15 heavy (non-hydrogen) atoms. The third-order valence-electron chi connectivity index (χ3n) is 2.07. The highest BCUT2D eigenvalue weighted by molar-refractivity contribution is 9.10. The Labute approximate surface area is 99.0 Å². The molecule has 0 spiro atoms. The van der Waals surface area contributed by atoms with Crippen molar-refractivity contribution in [2.45, 2.75) is 26.2 Å². The van der Waals surface area contributed by atoms with E-state index in [1.54, 1.807) is 6.07 Å². The fourth-order valence-electron chi connectivity index (χ4n) is 1.24. The lowest BCUT2D eigenvalue weighted by atomic mass is 10.2. The molecule has 0 amide bonds. The van der Waals surface area contributed by atoms with Crippen LogP contribution in [0.3, 0.4) is 0 Å². The normalized spacial score (nSPS) is 9.67. The van der Waals surface area contributed by atoms with Crippen LogP contribution in [0.15, 0.2) is 22.7 Å². The molecule has 1 rings (SSSR count). The molecule has 0 aliphatic carbocycles. The third kappa shape index (κ3) is 3.93. The highest BCUT2D eigenvalue weighted by atomic mass is 79.9. The van der Waals surface area contributed by atoms with Crippen molar-refractivity contribution in [3.05, 3.63) is 28.2 Å². The van der Waals surface area contributed by atoms with Crippen LogP contribution in [-0.2, 0) is 0 Å². The molecule has 0 aromatic heterocycles. The molecule has 0 N–H and O–H groups in total. The third-order valence-corrected chi connectivity index (χ3v) is 2.56. The van der Waals surface area contributed by atoms with Gasteiger partial charge in [0.1, 0.15) is 11.8 Å². The molecule has 0 saturated heterocycles. The standard InChI is InChI=1S/C12H14BrNO/c1-2-3-4-7-15-12-8-11(13)6-5-10(12)9-14/h5-6,8H,2-4,7H2,1H3. The van der Waals surface area contributed by atoms with Crippen LogP contribution < -0.4 is 4.74 Å². The van der Waals surface area contributed by atoms with Crippen LogP contribution in [-0.4, -0.2) is 6.61 Å². The van der Waals surface area contributed by atoms with E-state index < -0.39 is 0 Å². The van der Waals surface area contributed by atoms with Crippen molar-refractivity contribution in [1.82, 2.24) is 0 Å². The maximum absolute atomic E-state index is 8.87. The van der Waals surface area contributed by atoms with Crippen LogP contribution >= 0.6 is 15.9 Å². The van der Waals surface area contributed by atoms with Gasteiger partial charge < -0.3 is 4.74 Å². The van der Waals surface area contributed by atoms with Gasteiger partial charge in [0.2, 0.25) is 0 Å². The van der Waals surface area contributed by atoms with Crippen molar-refractivity contribution < 1.29 is 4.74 Å². The molecule has 0 fully saturated rings. The van der Waals surface area contributed by atoms with Gasteiger partial charge in [-0.05, 0) is 24.6 Å². The molecule has 0 saturated carbocycles. The average Bonchev–Trinajstić information content (AvgIpc) is 2.25. The Bertz CT molecular complexity index is 357. The maximum Gasteiger partial charge on any atom is 0.138 e. The van der Waals surface area contributed by atoms with E-state index in [1.807, 2.05) is 12.1 Å². The van der Waals surface area contributed by atoms with Gasteiger partial charge in [-0.3, -0.25) is 0 Å². The van der Waals surface area contributed by atoms with Gasteiger partial charge in [0.15, 0.2) is 0 Å². The summed E-state index contributed by atoms with van der Waals surface area (Å²) in [6, 6.07) is 7.56. The number of hydrogen-bond donors (Lipinski definition) is 0. The fraction of sp³-hybridized carbons (Fsp3) is 0.417. The summed E-state index contributed by atoms with van der Waals surface area (Å²) in [5, 5.41) is 8.87. The molecule has 0 bridgehead atoms. The number of unbranched alkanes of at least 4 members (excludes halogenated alkanes) is 2. The summed E-state index contributed by atoms with van der Waals surface area (Å²) in [5.41, 5.74) is 0.592. The molecule has 1 aromatic carbocycles. The Morgan fingerprint density at radius 2 is 2.20 bits per heavy atom. The summed E-state index contributed by atoms with van der Waals surface area (Å²) in [6.45, 7) is 2.83. The van der Waals surface area contributed by atoms with Gasteiger partial charge in [-0.2, -0.15) is 5.26 Å². The van der Waals surface area contributed by atoms with E-state index in [0.717, 1.165) is 17.3 Å². The minimum Gasteiger partial charge on any atom is -0.492 e. The van der Waals surface area contributed by atoms with Gasteiger partial charge in [0, 0.05) is 4.47 Å². The van der Waals surface area contributed by atoms with Crippen LogP contribution in [0.2, 0.25) is 0 Å². The monoisotopic (exact) mass is 267 g/mol. The molecular formula is C12H14BrNO. The number of benzene rings is 1. The van der Waals surface area contributed by atoms with Crippen LogP contribution in [0.5, 0.6) is 5.75 Å². The smallest absolute Gasteiger partial charge is 0.138 e. The van der Waals surface area contributed by atoms with Crippen molar-refractivity contribution in [1.29, 1.82) is 5.26 Å². The molecule has 3 heteroatoms. The number of nitrogens with zero attached hydrogens (tertiary/aromatic N) is 1. The predicted octanol–water partition coefficient (Wildman–Crippen LogP) is 3.89. The number of halogens is 1. The molecular weight excluding hydrogens is 254 g/mol. The second-order valence-electron chi connectivity index (χ2n) is 3.31. The summed E-state index contributed by atoms with van der Waals surface area (Å²) in [5.74, 6) is 0.669. The Hall–Kier alpha value is -1.01. The van der Waals surface area contributed by atoms with Crippen LogP contribution in [0.25, 0.3) is 0 Å². The van der Waals surface area contributed by atoms with E-state index in [1.165, 1.54) is 6.42 Å². The van der Waals surface area contributed by atoms with E-state index in [-0.39, 0.29) is 0 Å². The first-order valence-electron chi connectivity index (χ1n) is 5.10. The highest BCUT2D eigenvalue weighted by Crippen LogP contribution is 2.23. The quantitative estimate of drug-likeness (QED) is 0.759. The lowest BCUT2D eigenvalue weighted by molar-refractivity contribution is 0.305. The lowest BCUT2D eigenvalue weighted by Gasteiger charge is -2.07. The zero-order valence-corrected chi connectivity index (χ0v) is 10.4. The first-order chi connectivity index (χ1) is 7.27. The second-order valence-corrected chi connectivity index (χ2v) is 4.22. The van der Waals surface area contributed by atoms with Gasteiger partial charge in [-0.15, -0.1) is 0 Å². The van der Waals surface area contributed by atoms with Gasteiger partial charge in [-0.25, -0.2) is 0 Å². The Balaban J connectivity index is 2.59. The predicted molar refractivity (Wildman–Crippen MR) is 63.9 cm³/mol. The van der Waals surface area contributed by atoms with E-state index in [0.29, 0.717) is 17.9 Å². The van der Waals surface area contributed by atoms with Gasteiger partial charge >= 0.3 is 0 Å². The minimum absolute atomic E-state index is 0.592. The van der Waals surface area contributed by atoms with E-state index in [4.69, 9.17) is 10.00 Å². The molecule has 0 unspecified atom stereocenters. The first kappa shape index (κ1) is 12.1. The van der Waals surface area contributed by atoms with E-state index in [9.17, 15) is 0 Å². The Morgan fingerprint density at radius 1 is 1.40 bits per heavy atom. The fourth-order valence-corrected chi connectivity index (χ4v) is 1.58. The molecule has 0 heterocycles. The molecule has 80 valence electrons. The molecule has 0 radical (unpaired) electrons. The number of hydrogen-bond acceptors (Lipinski definition) is 2. The largest absolute Gasteiger partial charge is 0.492 e. The Morgan fingerprint density at radius 3 is 2.87 bits per heavy atom. The molecule has 2 nitrogen and oxygen atoms in total.